The fraction of sp³-hybridized carbons (Fsp3) is 0.188. The second kappa shape index (κ2) is 6.35. The van der Waals surface area contributed by atoms with Crippen LogP contribution in [-0.2, 0) is 25.3 Å². The molecule has 7 heteroatoms. The van der Waals surface area contributed by atoms with Crippen molar-refractivity contribution in [3.63, 3.8) is 0 Å². The maximum Gasteiger partial charge on any atom is 0.230 e. The van der Waals surface area contributed by atoms with Crippen molar-refractivity contribution in [1.82, 2.24) is 19.3 Å². The number of nitrogens with one attached hydrogen (secondary N) is 2. The Labute approximate surface area is 134 Å². The van der Waals surface area contributed by atoms with Crippen molar-refractivity contribution in [3.8, 4) is 0 Å². The number of imidazole rings is 1. The lowest BCUT2D eigenvalue weighted by Crippen LogP contribution is -2.16. The lowest BCUT2D eigenvalue weighted by Gasteiger charge is -2.11. The fourth-order valence-corrected chi connectivity index (χ4v) is 2.23. The summed E-state index contributed by atoms with van der Waals surface area (Å²) in [6, 6.07) is 9.40. The van der Waals surface area contributed by atoms with Crippen LogP contribution in [0.2, 0.25) is 0 Å². The number of anilines is 3. The Morgan fingerprint density at radius 3 is 2.61 bits per heavy atom. The molecule has 0 saturated carbocycles. The van der Waals surface area contributed by atoms with Crippen LogP contribution < -0.4 is 10.6 Å². The molecule has 0 saturated heterocycles. The van der Waals surface area contributed by atoms with Gasteiger partial charge in [-0.05, 0) is 12.1 Å². The highest BCUT2D eigenvalue weighted by atomic mass is 16.1. The van der Waals surface area contributed by atoms with Gasteiger partial charge in [-0.25, -0.2) is 4.98 Å². The van der Waals surface area contributed by atoms with Gasteiger partial charge >= 0.3 is 0 Å². The average Bonchev–Trinajstić information content (AvgIpc) is 3.10. The monoisotopic (exact) mass is 310 g/mol. The van der Waals surface area contributed by atoms with Crippen LogP contribution in [-0.4, -0.2) is 25.2 Å². The number of nitrogens with zero attached hydrogens (tertiary/aromatic N) is 4. The van der Waals surface area contributed by atoms with E-state index in [-0.39, 0.29) is 12.3 Å². The number of aryl methyl sites for hydroxylation is 2. The van der Waals surface area contributed by atoms with Crippen LogP contribution in [0.3, 0.4) is 0 Å². The van der Waals surface area contributed by atoms with Crippen molar-refractivity contribution in [1.29, 1.82) is 0 Å². The van der Waals surface area contributed by atoms with Gasteiger partial charge in [0.2, 0.25) is 5.91 Å². The Bertz CT molecular complexity index is 819. The van der Waals surface area contributed by atoms with Gasteiger partial charge in [-0.3, -0.25) is 9.48 Å². The van der Waals surface area contributed by atoms with E-state index in [4.69, 9.17) is 0 Å². The van der Waals surface area contributed by atoms with Crippen LogP contribution in [0.1, 0.15) is 5.69 Å². The molecule has 3 aromatic rings. The second-order valence-electron chi connectivity index (χ2n) is 5.27. The zero-order valence-corrected chi connectivity index (χ0v) is 13.0. The zero-order chi connectivity index (χ0) is 16.2. The summed E-state index contributed by atoms with van der Waals surface area (Å²) < 4.78 is 3.55. The van der Waals surface area contributed by atoms with Crippen LogP contribution in [0, 0.1) is 0 Å². The summed E-state index contributed by atoms with van der Waals surface area (Å²) >= 11 is 0. The van der Waals surface area contributed by atoms with Crippen molar-refractivity contribution in [2.24, 2.45) is 14.1 Å². The van der Waals surface area contributed by atoms with Crippen LogP contribution in [0.15, 0.2) is 49.1 Å². The molecular weight excluding hydrogens is 292 g/mol. The predicted molar refractivity (Wildman–Crippen MR) is 88.5 cm³/mol. The van der Waals surface area contributed by atoms with Gasteiger partial charge in [0.15, 0.2) is 5.82 Å². The number of benzene rings is 1. The molecule has 0 aliphatic heterocycles. The number of hydrogen-bond acceptors (Lipinski definition) is 4. The topological polar surface area (TPSA) is 76.8 Å². The van der Waals surface area contributed by atoms with E-state index in [2.05, 4.69) is 20.7 Å². The van der Waals surface area contributed by atoms with Crippen molar-refractivity contribution in [3.05, 3.63) is 54.7 Å². The summed E-state index contributed by atoms with van der Waals surface area (Å²) in [4.78, 5) is 16.3. The SMILES string of the molecule is Cn1ccc(Nc2ccccc2NC(=O)Cc2cncn2C)n1. The number of carbonyl (C=O) groups is 1. The first-order valence-electron chi connectivity index (χ1n) is 7.22. The molecule has 1 amide bonds. The van der Waals surface area contributed by atoms with E-state index in [9.17, 15) is 4.79 Å². The van der Waals surface area contributed by atoms with Crippen molar-refractivity contribution >= 4 is 23.1 Å². The highest BCUT2D eigenvalue weighted by molar-refractivity contribution is 5.95. The summed E-state index contributed by atoms with van der Waals surface area (Å²) in [7, 11) is 3.72. The van der Waals surface area contributed by atoms with Gasteiger partial charge < -0.3 is 15.2 Å². The Hall–Kier alpha value is -3.09. The Morgan fingerprint density at radius 2 is 1.96 bits per heavy atom. The summed E-state index contributed by atoms with van der Waals surface area (Å²) in [5.74, 6) is 0.629. The molecular formula is C16H18N6O. The molecule has 2 aromatic heterocycles. The van der Waals surface area contributed by atoms with Crippen molar-refractivity contribution in [2.75, 3.05) is 10.6 Å². The molecule has 7 nitrogen and oxygen atoms in total. The minimum absolute atomic E-state index is 0.0936. The molecule has 2 heterocycles. The van der Waals surface area contributed by atoms with E-state index in [0.717, 1.165) is 17.2 Å². The van der Waals surface area contributed by atoms with Crippen LogP contribution in [0.25, 0.3) is 0 Å². The average molecular weight is 310 g/mol. The fourth-order valence-electron chi connectivity index (χ4n) is 2.23. The molecule has 0 unspecified atom stereocenters. The zero-order valence-electron chi connectivity index (χ0n) is 13.0. The highest BCUT2D eigenvalue weighted by Crippen LogP contribution is 2.24. The van der Waals surface area contributed by atoms with E-state index in [0.29, 0.717) is 5.69 Å². The lowest BCUT2D eigenvalue weighted by molar-refractivity contribution is -0.115. The molecule has 118 valence electrons. The normalized spacial score (nSPS) is 10.5. The summed E-state index contributed by atoms with van der Waals surface area (Å²) in [5.41, 5.74) is 2.37. The maximum atomic E-state index is 12.2. The minimum atomic E-state index is -0.0936. The molecule has 0 atom stereocenters. The second-order valence-corrected chi connectivity index (χ2v) is 5.27. The molecule has 2 N–H and O–H groups in total. The first-order chi connectivity index (χ1) is 11.1. The van der Waals surface area contributed by atoms with E-state index in [1.165, 1.54) is 0 Å². The van der Waals surface area contributed by atoms with E-state index >= 15 is 0 Å². The molecule has 0 fully saturated rings. The predicted octanol–water partition coefficient (Wildman–Crippen LogP) is 2.08. The van der Waals surface area contributed by atoms with Crippen LogP contribution >= 0.6 is 0 Å². The number of carbonyl (C=O) groups excluding carboxylic acids is 1. The Balaban J connectivity index is 1.72. The smallest absolute Gasteiger partial charge is 0.230 e. The number of rotatable bonds is 5. The first-order valence-corrected chi connectivity index (χ1v) is 7.22. The summed E-state index contributed by atoms with van der Waals surface area (Å²) in [6.45, 7) is 0. The Morgan fingerprint density at radius 1 is 1.17 bits per heavy atom. The van der Waals surface area contributed by atoms with Crippen LogP contribution in [0.4, 0.5) is 17.2 Å². The maximum absolute atomic E-state index is 12.2. The number of para-hydroxylation sites is 2. The summed E-state index contributed by atoms with van der Waals surface area (Å²) in [6.07, 6.45) is 5.50. The van der Waals surface area contributed by atoms with Gasteiger partial charge in [0, 0.05) is 38.2 Å². The quantitative estimate of drug-likeness (QED) is 0.756. The number of amides is 1. The van der Waals surface area contributed by atoms with E-state index in [1.54, 1.807) is 17.2 Å². The van der Waals surface area contributed by atoms with Gasteiger partial charge in [0.25, 0.3) is 0 Å². The third-order valence-corrected chi connectivity index (χ3v) is 3.44. The standard InChI is InChI=1S/C16H18N6O/c1-21-11-17-10-12(21)9-16(23)19-14-6-4-3-5-13(14)18-15-7-8-22(2)20-15/h3-8,10-11H,9H2,1-2H3,(H,18,20)(H,19,23). The lowest BCUT2D eigenvalue weighted by atomic mass is 10.2. The molecule has 0 radical (unpaired) electrons. The molecule has 1 aromatic carbocycles. The minimum Gasteiger partial charge on any atom is -0.337 e. The molecule has 0 bridgehead atoms. The van der Waals surface area contributed by atoms with Gasteiger partial charge in [-0.1, -0.05) is 12.1 Å². The number of aromatic nitrogens is 4. The Kier molecular flexibility index (Phi) is 4.09. The third-order valence-electron chi connectivity index (χ3n) is 3.44. The van der Waals surface area contributed by atoms with E-state index < -0.39 is 0 Å². The van der Waals surface area contributed by atoms with E-state index in [1.807, 2.05) is 55.2 Å². The molecule has 0 aliphatic carbocycles. The largest absolute Gasteiger partial charge is 0.337 e. The number of hydrogen-bond donors (Lipinski definition) is 2. The van der Waals surface area contributed by atoms with Gasteiger partial charge in [-0.2, -0.15) is 5.10 Å². The summed E-state index contributed by atoms with van der Waals surface area (Å²) in [5, 5.41) is 10.4. The third kappa shape index (κ3) is 3.57. The molecule has 3 rings (SSSR count). The molecule has 0 aliphatic rings. The van der Waals surface area contributed by atoms with Gasteiger partial charge in [-0.15, -0.1) is 0 Å². The van der Waals surface area contributed by atoms with Crippen LogP contribution in [0.5, 0.6) is 0 Å². The van der Waals surface area contributed by atoms with Crippen molar-refractivity contribution in [2.45, 2.75) is 6.42 Å². The van der Waals surface area contributed by atoms with Gasteiger partial charge in [0.05, 0.1) is 24.1 Å². The molecule has 23 heavy (non-hydrogen) atoms. The molecule has 0 spiro atoms. The highest BCUT2D eigenvalue weighted by Gasteiger charge is 2.10. The van der Waals surface area contributed by atoms with Crippen molar-refractivity contribution < 1.29 is 4.79 Å². The first kappa shape index (κ1) is 14.8. The van der Waals surface area contributed by atoms with Gasteiger partial charge in [0.1, 0.15) is 0 Å².